The number of hydrogen-bond acceptors (Lipinski definition) is 2. The second-order valence-electron chi connectivity index (χ2n) is 19.9. The molecule has 4 aromatic heterocycles. The summed E-state index contributed by atoms with van der Waals surface area (Å²) in [5.41, 5.74) is 12.2. The lowest BCUT2D eigenvalue weighted by Gasteiger charge is -2.17. The van der Waals surface area contributed by atoms with Crippen LogP contribution in [0.3, 0.4) is 0 Å². The predicted octanol–water partition coefficient (Wildman–Crippen LogP) is 20.6. The zero-order chi connectivity index (χ0) is 48.2. The fourth-order valence-corrected chi connectivity index (χ4v) is 15.3. The van der Waals surface area contributed by atoms with E-state index >= 15 is 0 Å². The van der Waals surface area contributed by atoms with Crippen LogP contribution in [-0.4, -0.2) is 9.13 Å². The van der Waals surface area contributed by atoms with Crippen molar-refractivity contribution in [3.8, 4) is 33.6 Å². The zero-order valence-corrected chi connectivity index (χ0v) is 41.4. The maximum absolute atomic E-state index is 2.51. The van der Waals surface area contributed by atoms with Crippen LogP contribution in [0, 0.1) is 0 Å². The summed E-state index contributed by atoms with van der Waals surface area (Å²) in [7, 11) is 0. The molecule has 4 heteroatoms. The molecule has 17 aromatic rings. The van der Waals surface area contributed by atoms with Gasteiger partial charge in [0.15, 0.2) is 0 Å². The first-order valence-electron chi connectivity index (χ1n) is 25.4. The van der Waals surface area contributed by atoms with Crippen LogP contribution in [0.15, 0.2) is 243 Å². The summed E-state index contributed by atoms with van der Waals surface area (Å²) in [6, 6.07) is 91.1. The van der Waals surface area contributed by atoms with Crippen molar-refractivity contribution in [2.75, 3.05) is 0 Å². The third kappa shape index (κ3) is 5.64. The first-order chi connectivity index (χ1) is 36.7. The Balaban J connectivity index is 0.974. The van der Waals surface area contributed by atoms with Gasteiger partial charge in [0.25, 0.3) is 0 Å². The molecule has 0 saturated heterocycles. The number of fused-ring (bicyclic) bond motifs is 20. The molecule has 0 aliphatic rings. The topological polar surface area (TPSA) is 9.86 Å². The Hall–Kier alpha value is -9.06. The maximum Gasteiger partial charge on any atom is 0.0541 e. The normalized spacial score (nSPS) is 12.3. The van der Waals surface area contributed by atoms with Crippen LogP contribution < -0.4 is 0 Å². The van der Waals surface area contributed by atoms with Gasteiger partial charge in [-0.2, -0.15) is 0 Å². The Kier molecular flexibility index (Phi) is 8.34. The number of benzene rings is 13. The largest absolute Gasteiger partial charge is 0.309 e. The van der Waals surface area contributed by atoms with Crippen molar-refractivity contribution in [3.63, 3.8) is 0 Å². The Bertz CT molecular complexity index is 4910. The standard InChI is InChI=1S/C70H40N2S2/c1-3-15-45(16-4-1)71-61-23-11-7-19-47(61)59-35-41(27-33-63(59)71)57-39-43-37-56-44(38-55(43)51-29-31-53-49-21-9-13-25-65(49)73-69(53)67(51)57)40-58(68-52(56)30-32-54-50-22-10-14-26-66(50)74-70(54)68)42-28-34-64-60(36-42)48-20-8-12-24-62(48)72(64)46-17-5-2-6-18-46/h1-40H. The molecule has 17 rings (SSSR count). The number of para-hydroxylation sites is 4. The van der Waals surface area contributed by atoms with Gasteiger partial charge in [-0.15, -0.1) is 22.7 Å². The monoisotopic (exact) mass is 972 g/mol. The molecule has 0 radical (unpaired) electrons. The third-order valence-electron chi connectivity index (χ3n) is 16.0. The molecule has 2 nitrogen and oxygen atoms in total. The molecule has 13 aromatic carbocycles. The van der Waals surface area contributed by atoms with Crippen molar-refractivity contribution < 1.29 is 0 Å². The van der Waals surface area contributed by atoms with Crippen LogP contribution in [0.5, 0.6) is 0 Å². The van der Waals surface area contributed by atoms with Crippen LogP contribution in [0.2, 0.25) is 0 Å². The van der Waals surface area contributed by atoms with E-state index in [9.17, 15) is 0 Å². The lowest BCUT2D eigenvalue weighted by molar-refractivity contribution is 1.18. The summed E-state index contributed by atoms with van der Waals surface area (Å²) < 4.78 is 10.1. The minimum Gasteiger partial charge on any atom is -0.309 e. The van der Waals surface area contributed by atoms with Crippen molar-refractivity contribution in [3.05, 3.63) is 243 Å². The predicted molar refractivity (Wildman–Crippen MR) is 322 cm³/mol. The van der Waals surface area contributed by atoms with Gasteiger partial charge in [-0.1, -0.05) is 146 Å². The highest BCUT2D eigenvalue weighted by Gasteiger charge is 2.22. The second-order valence-corrected chi connectivity index (χ2v) is 22.0. The lowest BCUT2D eigenvalue weighted by atomic mass is 9.87. The summed E-state index contributed by atoms with van der Waals surface area (Å²) in [4.78, 5) is 0. The summed E-state index contributed by atoms with van der Waals surface area (Å²) in [5.74, 6) is 0. The maximum atomic E-state index is 2.51. The van der Waals surface area contributed by atoms with E-state index in [4.69, 9.17) is 0 Å². The summed E-state index contributed by atoms with van der Waals surface area (Å²) >= 11 is 3.84. The van der Waals surface area contributed by atoms with Gasteiger partial charge < -0.3 is 9.13 Å². The van der Waals surface area contributed by atoms with Crippen molar-refractivity contribution in [2.45, 2.75) is 0 Å². The van der Waals surface area contributed by atoms with Gasteiger partial charge in [-0.3, -0.25) is 0 Å². The van der Waals surface area contributed by atoms with Gasteiger partial charge in [0, 0.05) is 84.0 Å². The molecule has 0 atom stereocenters. The smallest absolute Gasteiger partial charge is 0.0541 e. The molecule has 0 bridgehead atoms. The van der Waals surface area contributed by atoms with Gasteiger partial charge in [0.2, 0.25) is 0 Å². The first-order valence-corrected chi connectivity index (χ1v) is 27.0. The van der Waals surface area contributed by atoms with Gasteiger partial charge in [0.05, 0.1) is 22.1 Å². The van der Waals surface area contributed by atoms with Crippen molar-refractivity contribution in [2.24, 2.45) is 0 Å². The minimum atomic E-state index is 1.17. The summed E-state index contributed by atoms with van der Waals surface area (Å²) in [6.45, 7) is 0. The van der Waals surface area contributed by atoms with Crippen LogP contribution >= 0.6 is 22.7 Å². The number of thiophene rings is 2. The molecule has 0 aliphatic carbocycles. The Morgan fingerprint density at radius 2 is 0.622 bits per heavy atom. The van der Waals surface area contributed by atoms with E-state index in [2.05, 4.69) is 252 Å². The molecular weight excluding hydrogens is 933 g/mol. The highest BCUT2D eigenvalue weighted by molar-refractivity contribution is 7.27. The van der Waals surface area contributed by atoms with E-state index in [1.165, 1.54) is 161 Å². The van der Waals surface area contributed by atoms with E-state index in [-0.39, 0.29) is 0 Å². The van der Waals surface area contributed by atoms with E-state index in [0.717, 1.165) is 0 Å². The molecule has 0 aliphatic heterocycles. The Morgan fingerprint density at radius 1 is 0.243 bits per heavy atom. The molecule has 0 amide bonds. The zero-order valence-electron chi connectivity index (χ0n) is 39.8. The fourth-order valence-electron chi connectivity index (χ4n) is 12.8. The fraction of sp³-hybridized carbons (Fsp3) is 0. The summed E-state index contributed by atoms with van der Waals surface area (Å²) in [5, 5.41) is 20.5. The lowest BCUT2D eigenvalue weighted by Crippen LogP contribution is -1.93. The molecule has 0 N–H and O–H groups in total. The molecule has 0 unspecified atom stereocenters. The highest BCUT2D eigenvalue weighted by atomic mass is 32.1. The minimum absolute atomic E-state index is 1.17. The van der Waals surface area contributed by atoms with Crippen LogP contribution in [0.4, 0.5) is 0 Å². The van der Waals surface area contributed by atoms with E-state index < -0.39 is 0 Å². The quantitative estimate of drug-likeness (QED) is 0.123. The van der Waals surface area contributed by atoms with Crippen LogP contribution in [0.25, 0.3) is 161 Å². The molecule has 342 valence electrons. The third-order valence-corrected chi connectivity index (χ3v) is 18.4. The molecule has 74 heavy (non-hydrogen) atoms. The highest BCUT2D eigenvalue weighted by Crippen LogP contribution is 2.50. The summed E-state index contributed by atoms with van der Waals surface area (Å²) in [6.07, 6.45) is 0. The van der Waals surface area contributed by atoms with E-state index in [1.54, 1.807) is 0 Å². The molecule has 0 fully saturated rings. The molecule has 0 spiro atoms. The second kappa shape index (κ2) is 15.2. The Morgan fingerprint density at radius 3 is 1.08 bits per heavy atom. The molecule has 0 saturated carbocycles. The molecule has 4 heterocycles. The number of rotatable bonds is 4. The van der Waals surface area contributed by atoms with Crippen molar-refractivity contribution in [1.29, 1.82) is 0 Å². The SMILES string of the molecule is c1ccc(-n2c3ccccc3c3cc(-c4cc5cc6c(cc(-c7ccc8c(c7)c7ccccc7n8-c7ccccc7)c7c6ccc6c8ccccc8sc67)cc5c5ccc6c7ccccc7sc6c45)ccc32)cc1. The average Bonchev–Trinajstić information content (AvgIpc) is 4.26. The van der Waals surface area contributed by atoms with Crippen LogP contribution in [-0.2, 0) is 0 Å². The number of aromatic nitrogens is 2. The Labute approximate surface area is 432 Å². The van der Waals surface area contributed by atoms with Crippen molar-refractivity contribution in [1.82, 2.24) is 9.13 Å². The van der Waals surface area contributed by atoms with Gasteiger partial charge in [0.1, 0.15) is 0 Å². The van der Waals surface area contributed by atoms with E-state index in [0.29, 0.717) is 0 Å². The number of nitrogens with zero attached hydrogens (tertiary/aromatic N) is 2. The van der Waals surface area contributed by atoms with Gasteiger partial charge in [-0.05, 0) is 152 Å². The van der Waals surface area contributed by atoms with E-state index in [1.807, 2.05) is 22.7 Å². The molecular formula is C70H40N2S2. The number of hydrogen-bond donors (Lipinski definition) is 0. The van der Waals surface area contributed by atoms with Gasteiger partial charge >= 0.3 is 0 Å². The average molecular weight is 973 g/mol. The van der Waals surface area contributed by atoms with Crippen LogP contribution in [0.1, 0.15) is 0 Å². The van der Waals surface area contributed by atoms with Crippen molar-refractivity contribution >= 4 is 150 Å². The van der Waals surface area contributed by atoms with Gasteiger partial charge in [-0.25, -0.2) is 0 Å². The first kappa shape index (κ1) is 40.5.